The van der Waals surface area contributed by atoms with Crippen molar-refractivity contribution in [3.63, 3.8) is 0 Å². The van der Waals surface area contributed by atoms with Crippen molar-refractivity contribution in [3.8, 4) is 50.7 Å². The van der Waals surface area contributed by atoms with E-state index in [1.807, 2.05) is 42.6 Å². The number of nitrogens with zero attached hydrogens (tertiary/aromatic N) is 3. The van der Waals surface area contributed by atoms with Crippen molar-refractivity contribution in [1.82, 2.24) is 15.0 Å². The van der Waals surface area contributed by atoms with Crippen molar-refractivity contribution < 1.29 is 30.6 Å². The Kier molecular flexibility index (Phi) is 8.64. The third-order valence-corrected chi connectivity index (χ3v) is 8.72. The molecule has 244 valence electrons. The van der Waals surface area contributed by atoms with Crippen LogP contribution in [0.1, 0.15) is 58.2 Å². The van der Waals surface area contributed by atoms with E-state index in [9.17, 15) is 5.11 Å². The molecule has 0 aliphatic rings. The number of phenolic OH excluding ortho intramolecular Hbond substituents is 1. The first-order valence-electron chi connectivity index (χ1n) is 16.0. The third-order valence-electron chi connectivity index (χ3n) is 8.72. The molecule has 0 amide bonds. The van der Waals surface area contributed by atoms with Crippen LogP contribution in [0.4, 0.5) is 0 Å². The maximum Gasteiger partial charge on any atom is 0.230 e. The zero-order valence-electron chi connectivity index (χ0n) is 28.3. The molecule has 7 aromatic rings. The first kappa shape index (κ1) is 33.3. The van der Waals surface area contributed by atoms with Crippen molar-refractivity contribution in [2.75, 3.05) is 0 Å². The van der Waals surface area contributed by atoms with Crippen LogP contribution in [0, 0.1) is 13.0 Å². The Hall–Kier alpha value is -4.60. The van der Waals surface area contributed by atoms with Gasteiger partial charge in [0.05, 0.1) is 16.8 Å². The van der Waals surface area contributed by atoms with Crippen molar-refractivity contribution in [2.45, 2.75) is 59.3 Å². The van der Waals surface area contributed by atoms with Gasteiger partial charge in [-0.2, -0.15) is 0 Å². The number of pyridine rings is 2. The zero-order valence-corrected chi connectivity index (χ0v) is 30.5. The van der Waals surface area contributed by atoms with Crippen molar-refractivity contribution in [2.24, 2.45) is 0 Å². The molecule has 0 aliphatic carbocycles. The molecule has 7 rings (SSSR count). The minimum Gasteiger partial charge on any atom is -0.507 e. The number of hydrogen-bond acceptors (Lipinski definition) is 5. The van der Waals surface area contributed by atoms with Crippen molar-refractivity contribution >= 4 is 22.0 Å². The minimum absolute atomic E-state index is 0. The van der Waals surface area contributed by atoms with Gasteiger partial charge in [0.25, 0.3) is 0 Å². The van der Waals surface area contributed by atoms with Crippen LogP contribution in [-0.4, -0.2) is 20.1 Å². The molecule has 0 saturated carbocycles. The predicted molar refractivity (Wildman–Crippen MR) is 191 cm³/mol. The molecule has 5 nitrogen and oxygen atoms in total. The molecule has 3 heterocycles. The molecule has 4 aromatic carbocycles. The summed E-state index contributed by atoms with van der Waals surface area (Å²) in [6.07, 6.45) is 3.70. The van der Waals surface area contributed by atoms with Crippen LogP contribution in [0.5, 0.6) is 5.75 Å². The number of aromatic nitrogens is 3. The average molecular weight is 812 g/mol. The van der Waals surface area contributed by atoms with E-state index in [2.05, 4.69) is 102 Å². The third kappa shape index (κ3) is 6.20. The summed E-state index contributed by atoms with van der Waals surface area (Å²) in [4.78, 5) is 14.5. The molecule has 0 spiro atoms. The van der Waals surface area contributed by atoms with E-state index < -0.39 is 0 Å². The monoisotopic (exact) mass is 811 g/mol. The molecule has 48 heavy (non-hydrogen) atoms. The predicted octanol–water partition coefficient (Wildman–Crippen LogP) is 10.8. The molecule has 0 unspecified atom stereocenters. The van der Waals surface area contributed by atoms with Crippen LogP contribution in [0.25, 0.3) is 67.0 Å². The summed E-state index contributed by atoms with van der Waals surface area (Å²) in [7, 11) is 0. The van der Waals surface area contributed by atoms with Gasteiger partial charge < -0.3 is 9.52 Å². The quantitative estimate of drug-likeness (QED) is 0.179. The summed E-state index contributed by atoms with van der Waals surface area (Å²) < 4.78 is 6.45. The van der Waals surface area contributed by atoms with Gasteiger partial charge in [-0.1, -0.05) is 96.0 Å². The van der Waals surface area contributed by atoms with E-state index in [0.717, 1.165) is 55.5 Å². The summed E-state index contributed by atoms with van der Waals surface area (Å²) in [6, 6.07) is 32.1. The van der Waals surface area contributed by atoms with Crippen LogP contribution in [0.3, 0.4) is 0 Å². The molecular weight excluding hydrogens is 774 g/mol. The Bertz CT molecular complexity index is 2290. The maximum atomic E-state index is 10.9. The van der Waals surface area contributed by atoms with E-state index in [4.69, 9.17) is 14.4 Å². The first-order valence-corrected chi connectivity index (χ1v) is 16.0. The molecule has 3 aromatic heterocycles. The Balaban J connectivity index is 0.00000401. The Morgan fingerprint density at radius 3 is 2.17 bits per heavy atom. The number of aromatic hydroxyl groups is 1. The number of aryl methyl sites for hydroxylation is 1. The molecule has 0 radical (unpaired) electrons. The van der Waals surface area contributed by atoms with E-state index in [1.165, 1.54) is 5.56 Å². The van der Waals surface area contributed by atoms with Gasteiger partial charge >= 0.3 is 0 Å². The Morgan fingerprint density at radius 1 is 0.688 bits per heavy atom. The van der Waals surface area contributed by atoms with E-state index in [1.54, 1.807) is 12.3 Å². The summed E-state index contributed by atoms with van der Waals surface area (Å²) in [5.74, 6) is 0.488. The van der Waals surface area contributed by atoms with E-state index in [-0.39, 0.29) is 37.6 Å². The minimum atomic E-state index is -0.108. The van der Waals surface area contributed by atoms with Crippen LogP contribution in [-0.2, 0) is 31.9 Å². The number of oxazole rings is 1. The standard InChI is InChI=1S/C42H38N3O2.Pt/c1-25-19-26(30-11-10-12-31-34(42(5,6)7)16-18-44-38(30)31)21-27(20-25)32-22-28(35-13-8-9-17-43-35)23-37-39(32)45-40(47-37)33-24-29(41(2,3)4)14-15-36(33)46;/h8-20,22-24,46H,1-7H3;/q-1;. The fraction of sp³-hybridized carbons (Fsp3) is 0.214. The number of phenols is 1. The summed E-state index contributed by atoms with van der Waals surface area (Å²) in [5.41, 5.74) is 11.6. The normalized spacial score (nSPS) is 12.0. The van der Waals surface area contributed by atoms with Gasteiger partial charge in [-0.3, -0.25) is 9.97 Å². The smallest absolute Gasteiger partial charge is 0.230 e. The Morgan fingerprint density at radius 2 is 1.46 bits per heavy atom. The van der Waals surface area contributed by atoms with Crippen molar-refractivity contribution in [1.29, 1.82) is 0 Å². The second kappa shape index (κ2) is 12.4. The number of rotatable bonds is 4. The second-order valence-corrected chi connectivity index (χ2v) is 14.4. The Labute approximate surface area is 296 Å². The van der Waals surface area contributed by atoms with Crippen LogP contribution < -0.4 is 0 Å². The van der Waals surface area contributed by atoms with Gasteiger partial charge in [-0.15, -0.1) is 34.9 Å². The van der Waals surface area contributed by atoms with Crippen LogP contribution in [0.2, 0.25) is 0 Å². The molecule has 0 atom stereocenters. The fourth-order valence-corrected chi connectivity index (χ4v) is 6.26. The molecule has 0 fully saturated rings. The second-order valence-electron chi connectivity index (χ2n) is 14.4. The van der Waals surface area contributed by atoms with Gasteiger partial charge in [-0.25, -0.2) is 4.98 Å². The van der Waals surface area contributed by atoms with Gasteiger partial charge in [0.1, 0.15) is 11.3 Å². The summed E-state index contributed by atoms with van der Waals surface area (Å²) in [6.45, 7) is 15.2. The van der Waals surface area contributed by atoms with E-state index >= 15 is 0 Å². The molecular formula is C42H38N3O2Pt-. The van der Waals surface area contributed by atoms with Crippen LogP contribution >= 0.6 is 0 Å². The molecule has 6 heteroatoms. The topological polar surface area (TPSA) is 72.0 Å². The molecule has 0 saturated heterocycles. The summed E-state index contributed by atoms with van der Waals surface area (Å²) in [5, 5.41) is 12.1. The molecule has 1 N–H and O–H groups in total. The van der Waals surface area contributed by atoms with Crippen LogP contribution in [0.15, 0.2) is 102 Å². The summed E-state index contributed by atoms with van der Waals surface area (Å²) >= 11 is 0. The number of hydrogen-bond donors (Lipinski definition) is 1. The number of benzene rings is 4. The number of fused-ring (bicyclic) bond motifs is 2. The molecule has 0 aliphatic heterocycles. The van der Waals surface area contributed by atoms with E-state index in [0.29, 0.717) is 22.6 Å². The zero-order chi connectivity index (χ0) is 33.1. The fourth-order valence-electron chi connectivity index (χ4n) is 6.26. The average Bonchev–Trinajstić information content (AvgIpc) is 3.47. The van der Waals surface area contributed by atoms with Gasteiger partial charge in [0, 0.05) is 39.0 Å². The van der Waals surface area contributed by atoms with Gasteiger partial charge in [0.2, 0.25) is 5.89 Å². The largest absolute Gasteiger partial charge is 0.507 e. The van der Waals surface area contributed by atoms with Gasteiger partial charge in [0.15, 0.2) is 0 Å². The van der Waals surface area contributed by atoms with Crippen molar-refractivity contribution in [3.05, 3.63) is 120 Å². The SMILES string of the molecule is Cc1cc(-c2cc(-c3ccccn3)cc3oc(-c4cc(C(C)(C)C)ccc4O)nc23)[c-]c(-c2cccc3c(C(C)(C)C)ccnc23)c1.[Pt]. The van der Waals surface area contributed by atoms with Gasteiger partial charge in [-0.05, 0) is 69.3 Å². The first-order chi connectivity index (χ1) is 22.4. The number of para-hydroxylation sites is 1. The maximum absolute atomic E-state index is 10.9. The molecule has 0 bridgehead atoms.